The van der Waals surface area contributed by atoms with Gasteiger partial charge in [-0.05, 0) is 61.2 Å². The Bertz CT molecular complexity index is 1310. The second kappa shape index (κ2) is 5.15. The van der Waals surface area contributed by atoms with Gasteiger partial charge in [-0.2, -0.15) is 0 Å². The normalized spacial score (nSPS) is 13.1. The van der Waals surface area contributed by atoms with Crippen molar-refractivity contribution in [2.24, 2.45) is 0 Å². The van der Waals surface area contributed by atoms with Crippen molar-refractivity contribution in [1.82, 2.24) is 4.98 Å². The van der Waals surface area contributed by atoms with E-state index in [0.29, 0.717) is 22.8 Å². The molecular weight excluding hydrogens is 322 g/mol. The highest BCUT2D eigenvalue weighted by molar-refractivity contribution is 6.14. The van der Waals surface area contributed by atoms with Gasteiger partial charge in [-0.3, -0.25) is 9.59 Å². The maximum absolute atomic E-state index is 13.0. The van der Waals surface area contributed by atoms with E-state index in [1.165, 1.54) is 0 Å². The lowest BCUT2D eigenvalue weighted by Crippen LogP contribution is -2.16. The third-order valence-electron chi connectivity index (χ3n) is 5.31. The number of carbonyl (C=O) groups excluding carboxylic acids is 1. The van der Waals surface area contributed by atoms with E-state index >= 15 is 0 Å². The first-order chi connectivity index (χ1) is 12.5. The molecule has 0 bridgehead atoms. The van der Waals surface area contributed by atoms with E-state index in [9.17, 15) is 9.59 Å². The van der Waals surface area contributed by atoms with Crippen molar-refractivity contribution in [3.05, 3.63) is 92.1 Å². The SMILES string of the molecule is Cc1ccc2c(c1)Cc1cc3c(=O)c4ccc(C)cc4[nH]c3cc1C2=O. The predicted molar refractivity (Wildman–Crippen MR) is 104 cm³/mol. The molecule has 126 valence electrons. The molecule has 1 aliphatic carbocycles. The van der Waals surface area contributed by atoms with Crippen LogP contribution in [0, 0.1) is 13.8 Å². The van der Waals surface area contributed by atoms with Crippen molar-refractivity contribution in [1.29, 1.82) is 0 Å². The molecule has 1 aliphatic rings. The molecule has 3 heteroatoms. The number of pyridine rings is 1. The first kappa shape index (κ1) is 15.1. The van der Waals surface area contributed by atoms with Crippen LogP contribution in [0.5, 0.6) is 0 Å². The van der Waals surface area contributed by atoms with Gasteiger partial charge >= 0.3 is 0 Å². The molecule has 1 heterocycles. The molecule has 0 aliphatic heterocycles. The molecule has 0 saturated heterocycles. The average Bonchev–Trinajstić information content (AvgIpc) is 2.61. The number of rotatable bonds is 0. The molecule has 0 fully saturated rings. The average molecular weight is 339 g/mol. The van der Waals surface area contributed by atoms with Gasteiger partial charge in [0.1, 0.15) is 0 Å². The molecule has 26 heavy (non-hydrogen) atoms. The summed E-state index contributed by atoms with van der Waals surface area (Å²) in [5, 5.41) is 1.32. The van der Waals surface area contributed by atoms with Gasteiger partial charge in [-0.15, -0.1) is 0 Å². The molecule has 0 saturated carbocycles. The largest absolute Gasteiger partial charge is 0.354 e. The summed E-state index contributed by atoms with van der Waals surface area (Å²) in [4.78, 5) is 29.3. The van der Waals surface area contributed by atoms with Gasteiger partial charge in [-0.1, -0.05) is 29.8 Å². The van der Waals surface area contributed by atoms with Crippen LogP contribution in [0.4, 0.5) is 0 Å². The fourth-order valence-corrected chi connectivity index (χ4v) is 3.98. The summed E-state index contributed by atoms with van der Waals surface area (Å²) in [6.45, 7) is 4.02. The van der Waals surface area contributed by atoms with E-state index in [-0.39, 0.29) is 11.2 Å². The number of carbonyl (C=O) groups is 1. The minimum atomic E-state index is 0.0130. The molecule has 0 unspecified atom stereocenters. The van der Waals surface area contributed by atoms with Gasteiger partial charge in [0.25, 0.3) is 0 Å². The van der Waals surface area contributed by atoms with E-state index in [4.69, 9.17) is 0 Å². The highest BCUT2D eigenvalue weighted by atomic mass is 16.1. The summed E-state index contributed by atoms with van der Waals surface area (Å²) in [7, 11) is 0. The number of aromatic amines is 1. The molecule has 5 rings (SSSR count). The molecule has 3 aromatic carbocycles. The highest BCUT2D eigenvalue weighted by Crippen LogP contribution is 2.30. The van der Waals surface area contributed by atoms with Crippen LogP contribution in [-0.2, 0) is 6.42 Å². The van der Waals surface area contributed by atoms with Gasteiger partial charge in [0, 0.05) is 27.4 Å². The Balaban J connectivity index is 1.82. The standard InChI is InChI=1S/C23H17NO2/c1-12-3-5-16-14(7-12)9-15-10-19-21(11-18(15)22(16)25)24-20-8-13(2)4-6-17(20)23(19)26/h3-8,10-11H,9H2,1-2H3,(H,24,26). The van der Waals surface area contributed by atoms with Gasteiger partial charge < -0.3 is 4.98 Å². The third kappa shape index (κ3) is 2.07. The van der Waals surface area contributed by atoms with Crippen LogP contribution in [-0.4, -0.2) is 10.8 Å². The van der Waals surface area contributed by atoms with Crippen molar-refractivity contribution < 1.29 is 4.79 Å². The summed E-state index contributed by atoms with van der Waals surface area (Å²) in [5.41, 5.74) is 7.19. The van der Waals surface area contributed by atoms with E-state index in [1.54, 1.807) is 0 Å². The fraction of sp³-hybridized carbons (Fsp3) is 0.130. The Hall–Kier alpha value is -3.20. The zero-order chi connectivity index (χ0) is 18.0. The third-order valence-corrected chi connectivity index (χ3v) is 5.31. The first-order valence-corrected chi connectivity index (χ1v) is 8.75. The second-order valence-corrected chi connectivity index (χ2v) is 7.22. The van der Waals surface area contributed by atoms with Crippen LogP contribution in [0.1, 0.15) is 38.2 Å². The summed E-state index contributed by atoms with van der Waals surface area (Å²) < 4.78 is 0. The molecule has 4 aromatic rings. The summed E-state index contributed by atoms with van der Waals surface area (Å²) >= 11 is 0. The topological polar surface area (TPSA) is 49.9 Å². The molecule has 1 aromatic heterocycles. The van der Waals surface area contributed by atoms with Crippen LogP contribution in [0.2, 0.25) is 0 Å². The van der Waals surface area contributed by atoms with Gasteiger partial charge in [-0.25, -0.2) is 0 Å². The molecule has 0 amide bonds. The lowest BCUT2D eigenvalue weighted by atomic mass is 9.83. The summed E-state index contributed by atoms with van der Waals surface area (Å²) in [6, 6.07) is 15.5. The minimum Gasteiger partial charge on any atom is -0.354 e. The Morgan fingerprint density at radius 1 is 0.731 bits per heavy atom. The quantitative estimate of drug-likeness (QED) is 0.424. The number of hydrogen-bond donors (Lipinski definition) is 1. The number of H-pyrrole nitrogens is 1. The number of hydrogen-bond acceptors (Lipinski definition) is 2. The number of nitrogens with one attached hydrogen (secondary N) is 1. The van der Waals surface area contributed by atoms with Gasteiger partial charge in [0.2, 0.25) is 0 Å². The first-order valence-electron chi connectivity index (χ1n) is 8.75. The van der Waals surface area contributed by atoms with E-state index in [1.807, 2.05) is 56.3 Å². The lowest BCUT2D eigenvalue weighted by Gasteiger charge is -2.19. The lowest BCUT2D eigenvalue weighted by molar-refractivity contribution is 0.103. The van der Waals surface area contributed by atoms with Crippen molar-refractivity contribution in [2.75, 3.05) is 0 Å². The predicted octanol–water partition coefficient (Wildman–Crippen LogP) is 4.43. The fourth-order valence-electron chi connectivity index (χ4n) is 3.98. The monoisotopic (exact) mass is 339 g/mol. The maximum atomic E-state index is 13.0. The van der Waals surface area contributed by atoms with Crippen molar-refractivity contribution >= 4 is 27.6 Å². The Morgan fingerprint density at radius 2 is 1.42 bits per heavy atom. The van der Waals surface area contributed by atoms with Crippen molar-refractivity contribution in [3.8, 4) is 0 Å². The van der Waals surface area contributed by atoms with E-state index in [2.05, 4.69) is 11.1 Å². The number of fused-ring (bicyclic) bond motifs is 4. The maximum Gasteiger partial charge on any atom is 0.197 e. The van der Waals surface area contributed by atoms with Crippen LogP contribution in [0.3, 0.4) is 0 Å². The molecular formula is C23H17NO2. The molecule has 3 nitrogen and oxygen atoms in total. The Kier molecular flexibility index (Phi) is 2.99. The number of aromatic nitrogens is 1. The number of ketones is 1. The molecule has 1 N–H and O–H groups in total. The van der Waals surface area contributed by atoms with Gasteiger partial charge in [0.15, 0.2) is 11.2 Å². The smallest absolute Gasteiger partial charge is 0.197 e. The Labute approximate surface area is 150 Å². The van der Waals surface area contributed by atoms with Gasteiger partial charge in [0.05, 0.1) is 5.52 Å². The van der Waals surface area contributed by atoms with Crippen LogP contribution >= 0.6 is 0 Å². The van der Waals surface area contributed by atoms with E-state index < -0.39 is 0 Å². The Morgan fingerprint density at radius 3 is 2.27 bits per heavy atom. The minimum absolute atomic E-state index is 0.0130. The number of benzene rings is 3. The molecule has 0 spiro atoms. The molecule has 0 atom stereocenters. The summed E-state index contributed by atoms with van der Waals surface area (Å²) in [6.07, 6.45) is 0.680. The summed E-state index contributed by atoms with van der Waals surface area (Å²) in [5.74, 6) is 0.0355. The number of aryl methyl sites for hydroxylation is 2. The van der Waals surface area contributed by atoms with Crippen LogP contribution in [0.15, 0.2) is 53.3 Å². The molecule has 0 radical (unpaired) electrons. The second-order valence-electron chi connectivity index (χ2n) is 7.22. The van der Waals surface area contributed by atoms with Crippen LogP contribution in [0.25, 0.3) is 21.8 Å². The zero-order valence-corrected chi connectivity index (χ0v) is 14.6. The van der Waals surface area contributed by atoms with E-state index in [0.717, 1.165) is 38.9 Å². The highest BCUT2D eigenvalue weighted by Gasteiger charge is 2.24. The zero-order valence-electron chi connectivity index (χ0n) is 14.6. The van der Waals surface area contributed by atoms with Crippen molar-refractivity contribution in [2.45, 2.75) is 20.3 Å². The van der Waals surface area contributed by atoms with Crippen molar-refractivity contribution in [3.63, 3.8) is 0 Å². The van der Waals surface area contributed by atoms with Crippen LogP contribution < -0.4 is 5.43 Å².